The van der Waals surface area contributed by atoms with E-state index < -0.39 is 0 Å². The first-order valence-electron chi connectivity index (χ1n) is 11.9. The molecule has 172 valence electrons. The zero-order valence-electron chi connectivity index (χ0n) is 19.5. The highest BCUT2D eigenvalue weighted by molar-refractivity contribution is 5.78. The molecule has 0 spiro atoms. The number of carbonyl (C=O) groups is 1. The van der Waals surface area contributed by atoms with Gasteiger partial charge in [-0.15, -0.1) is 0 Å². The fraction of sp³-hybridized carbons (Fsp3) is 0.464. The molecule has 0 amide bonds. The number of hydrogen-bond acceptors (Lipinski definition) is 4. The summed E-state index contributed by atoms with van der Waals surface area (Å²) in [6.07, 6.45) is 15.1. The highest BCUT2D eigenvalue weighted by Gasteiger charge is 2.33. The SMILES string of the molecule is CC(=O)Cc1cccc(C2CCCC(C3=C4C=CCC4C(C)C=N3)C2)c1.Cc1ccon1.[HH].[HH]. The third-order valence-corrected chi connectivity index (χ3v) is 6.97. The molecular formula is C28H38N2O2. The molecule has 1 fully saturated rings. The van der Waals surface area contributed by atoms with E-state index >= 15 is 0 Å². The summed E-state index contributed by atoms with van der Waals surface area (Å²) in [5.74, 6) is 2.62. The second-order valence-electron chi connectivity index (χ2n) is 9.55. The zero-order chi connectivity index (χ0) is 22.5. The molecule has 1 aromatic heterocycles. The van der Waals surface area contributed by atoms with Crippen LogP contribution < -0.4 is 0 Å². The second kappa shape index (κ2) is 10.2. The van der Waals surface area contributed by atoms with Crippen LogP contribution in [0.15, 0.2) is 69.5 Å². The monoisotopic (exact) mass is 434 g/mol. The van der Waals surface area contributed by atoms with Gasteiger partial charge in [-0.05, 0) is 74.0 Å². The molecule has 2 aliphatic carbocycles. The predicted molar refractivity (Wildman–Crippen MR) is 133 cm³/mol. The summed E-state index contributed by atoms with van der Waals surface area (Å²) in [5.41, 5.74) is 6.37. The predicted octanol–water partition coefficient (Wildman–Crippen LogP) is 7.12. The van der Waals surface area contributed by atoms with Crippen molar-refractivity contribution in [1.82, 2.24) is 5.16 Å². The molecule has 1 aromatic carbocycles. The van der Waals surface area contributed by atoms with Crippen LogP contribution in [0.25, 0.3) is 0 Å². The second-order valence-corrected chi connectivity index (χ2v) is 9.55. The topological polar surface area (TPSA) is 55.5 Å². The van der Waals surface area contributed by atoms with Gasteiger partial charge in [-0.25, -0.2) is 0 Å². The molecule has 0 saturated heterocycles. The first-order valence-corrected chi connectivity index (χ1v) is 11.9. The molecule has 4 nitrogen and oxygen atoms in total. The van der Waals surface area contributed by atoms with Crippen molar-refractivity contribution < 1.29 is 12.2 Å². The summed E-state index contributed by atoms with van der Waals surface area (Å²) in [7, 11) is 0. The Hall–Kier alpha value is -2.75. The standard InChI is InChI=1S/C24H29NO.C4H5NO.2H2/c1-16-15-25-24(23-11-5-10-22(16)23)21-9-4-8-20(14-21)19-7-3-6-18(13-19)12-17(2)26;1-4-2-3-6-5-4;;/h3,5-7,11,13,15-16,20-22H,4,8-10,12,14H2,1-2H3;2-3H,1H3;2*1H. The minimum Gasteiger partial charge on any atom is -0.365 e. The lowest BCUT2D eigenvalue weighted by Gasteiger charge is -2.33. The van der Waals surface area contributed by atoms with Crippen molar-refractivity contribution in [2.45, 2.75) is 65.2 Å². The third kappa shape index (κ3) is 5.35. The Morgan fingerprint density at radius 2 is 2.06 bits per heavy atom. The number of aliphatic imine (C=N–C) groups is 1. The van der Waals surface area contributed by atoms with E-state index in [9.17, 15) is 4.79 Å². The smallest absolute Gasteiger partial charge is 0.134 e. The van der Waals surface area contributed by atoms with E-state index in [0.29, 0.717) is 30.1 Å². The molecule has 0 bridgehead atoms. The molecule has 0 radical (unpaired) electrons. The molecule has 1 aliphatic heterocycles. The van der Waals surface area contributed by atoms with Crippen LogP contribution in [0, 0.1) is 24.7 Å². The highest BCUT2D eigenvalue weighted by Crippen LogP contribution is 2.45. The van der Waals surface area contributed by atoms with Crippen LogP contribution in [0.5, 0.6) is 0 Å². The van der Waals surface area contributed by atoms with Crippen LogP contribution in [0.3, 0.4) is 0 Å². The van der Waals surface area contributed by atoms with Crippen molar-refractivity contribution in [2.75, 3.05) is 0 Å². The van der Waals surface area contributed by atoms with Crippen LogP contribution >= 0.6 is 0 Å². The molecule has 2 aromatic rings. The lowest BCUT2D eigenvalue weighted by atomic mass is 9.74. The van der Waals surface area contributed by atoms with Crippen molar-refractivity contribution in [3.63, 3.8) is 0 Å². The maximum Gasteiger partial charge on any atom is 0.134 e. The highest BCUT2D eigenvalue weighted by atomic mass is 16.5. The molecular weight excluding hydrogens is 396 g/mol. The maximum absolute atomic E-state index is 11.5. The number of aromatic nitrogens is 1. The molecule has 3 aliphatic rings. The van der Waals surface area contributed by atoms with Gasteiger partial charge in [0.05, 0.1) is 5.69 Å². The Morgan fingerprint density at radius 3 is 2.78 bits per heavy atom. The fourth-order valence-corrected chi connectivity index (χ4v) is 5.34. The summed E-state index contributed by atoms with van der Waals surface area (Å²) >= 11 is 0. The minimum atomic E-state index is 0. The van der Waals surface area contributed by atoms with Crippen molar-refractivity contribution >= 4 is 12.0 Å². The molecule has 5 rings (SSSR count). The molecule has 4 atom stereocenters. The quantitative estimate of drug-likeness (QED) is 0.515. The lowest BCUT2D eigenvalue weighted by Crippen LogP contribution is -2.23. The number of allylic oxidation sites excluding steroid dienone is 4. The molecule has 0 N–H and O–H groups in total. The molecule has 4 unspecified atom stereocenters. The van der Waals surface area contributed by atoms with Crippen LogP contribution in [-0.2, 0) is 11.2 Å². The van der Waals surface area contributed by atoms with E-state index in [1.807, 2.05) is 6.92 Å². The van der Waals surface area contributed by atoms with E-state index in [2.05, 4.69) is 59.2 Å². The van der Waals surface area contributed by atoms with E-state index in [1.54, 1.807) is 19.3 Å². The van der Waals surface area contributed by atoms with Gasteiger partial charge in [0.2, 0.25) is 0 Å². The molecule has 4 heteroatoms. The summed E-state index contributed by atoms with van der Waals surface area (Å²) in [6.45, 7) is 5.84. The number of nitrogens with zero attached hydrogens (tertiary/aromatic N) is 2. The lowest BCUT2D eigenvalue weighted by molar-refractivity contribution is -0.116. The average molecular weight is 435 g/mol. The van der Waals surface area contributed by atoms with Crippen LogP contribution in [0.4, 0.5) is 0 Å². The van der Waals surface area contributed by atoms with E-state index in [4.69, 9.17) is 4.99 Å². The first-order chi connectivity index (χ1) is 15.5. The van der Waals surface area contributed by atoms with Gasteiger partial charge in [-0.2, -0.15) is 0 Å². The Balaban J connectivity index is 0.000000448. The van der Waals surface area contributed by atoms with Crippen LogP contribution in [-0.4, -0.2) is 17.2 Å². The van der Waals surface area contributed by atoms with Crippen molar-refractivity contribution in [3.05, 3.63) is 76.8 Å². The Kier molecular flexibility index (Phi) is 7.19. The maximum atomic E-state index is 11.5. The van der Waals surface area contributed by atoms with Crippen molar-refractivity contribution in [2.24, 2.45) is 22.7 Å². The fourth-order valence-electron chi connectivity index (χ4n) is 5.34. The van der Waals surface area contributed by atoms with Gasteiger partial charge in [0, 0.05) is 33.2 Å². The van der Waals surface area contributed by atoms with E-state index in [-0.39, 0.29) is 8.64 Å². The first kappa shape index (κ1) is 22.4. The number of hydrogen-bond donors (Lipinski definition) is 0. The van der Waals surface area contributed by atoms with Gasteiger partial charge in [-0.3, -0.25) is 9.79 Å². The molecule has 32 heavy (non-hydrogen) atoms. The average Bonchev–Trinajstić information content (AvgIpc) is 3.47. The number of ketones is 1. The normalized spacial score (nSPS) is 26.5. The Morgan fingerprint density at radius 1 is 1.22 bits per heavy atom. The molecule has 2 heterocycles. The van der Waals surface area contributed by atoms with Gasteiger partial charge in [-0.1, -0.05) is 54.9 Å². The van der Waals surface area contributed by atoms with Crippen molar-refractivity contribution in [3.8, 4) is 0 Å². The van der Waals surface area contributed by atoms with Gasteiger partial charge < -0.3 is 4.52 Å². The Bertz CT molecular complexity index is 1030. The van der Waals surface area contributed by atoms with E-state index in [1.165, 1.54) is 48.9 Å². The van der Waals surface area contributed by atoms with Gasteiger partial charge >= 0.3 is 0 Å². The van der Waals surface area contributed by atoms with Crippen LogP contribution in [0.2, 0.25) is 0 Å². The van der Waals surface area contributed by atoms with E-state index in [0.717, 1.165) is 11.3 Å². The number of fused-ring (bicyclic) bond motifs is 1. The van der Waals surface area contributed by atoms with Crippen LogP contribution in [0.1, 0.15) is 71.5 Å². The number of rotatable bonds is 4. The minimum absolute atomic E-state index is 0. The largest absolute Gasteiger partial charge is 0.365 e. The molecule has 1 saturated carbocycles. The number of carbonyl (C=O) groups excluding carboxylic acids is 1. The Labute approximate surface area is 194 Å². The summed E-state index contributed by atoms with van der Waals surface area (Å²) in [5, 5.41) is 3.54. The van der Waals surface area contributed by atoms with Gasteiger partial charge in [0.25, 0.3) is 0 Å². The van der Waals surface area contributed by atoms with Crippen molar-refractivity contribution in [1.29, 1.82) is 0 Å². The number of aryl methyl sites for hydroxylation is 1. The zero-order valence-corrected chi connectivity index (χ0v) is 19.5. The number of benzene rings is 1. The summed E-state index contributed by atoms with van der Waals surface area (Å²) in [6, 6.07) is 10.5. The summed E-state index contributed by atoms with van der Waals surface area (Å²) < 4.78 is 4.46. The van der Waals surface area contributed by atoms with Gasteiger partial charge in [0.15, 0.2) is 0 Å². The third-order valence-electron chi connectivity index (χ3n) is 6.97. The number of Topliss-reactive ketones (excluding diaryl/α,β-unsaturated/α-hetero) is 1. The van der Waals surface area contributed by atoms with Gasteiger partial charge in [0.1, 0.15) is 12.0 Å². The summed E-state index contributed by atoms with van der Waals surface area (Å²) in [4.78, 5) is 16.4.